The molecule has 2 aromatic carbocycles. The summed E-state index contributed by atoms with van der Waals surface area (Å²) >= 11 is 1.63. The summed E-state index contributed by atoms with van der Waals surface area (Å²) in [6.07, 6.45) is 3.86. The molecule has 0 aromatic heterocycles. The largest absolute Gasteiger partial charge is 0.455 e. The van der Waals surface area contributed by atoms with E-state index in [0.717, 1.165) is 21.3 Å². The number of ether oxygens (including phenoxy) is 1. The molecule has 0 spiro atoms. The van der Waals surface area contributed by atoms with Crippen LogP contribution in [-0.4, -0.2) is 24.0 Å². The molecule has 0 aliphatic carbocycles. The van der Waals surface area contributed by atoms with Crippen molar-refractivity contribution in [3.63, 3.8) is 0 Å². The molecule has 2 aromatic rings. The lowest BCUT2D eigenvalue weighted by atomic mass is 10.1. The molecule has 0 radical (unpaired) electrons. The first-order valence-corrected chi connectivity index (χ1v) is 10.7. The summed E-state index contributed by atoms with van der Waals surface area (Å²) in [4.78, 5) is 14.3. The summed E-state index contributed by atoms with van der Waals surface area (Å²) in [5.41, 5.74) is 0.699. The number of fused-ring (bicyclic) bond motifs is 2. The molecule has 1 heterocycles. The molecular weight excluding hydrogens is 324 g/mol. The minimum absolute atomic E-state index is 0.0901. The lowest BCUT2D eigenvalue weighted by Crippen LogP contribution is -2.09. The number of Topliss-reactive ketones (excluding diaryl/α,β-unsaturated/α-hetero) is 1. The van der Waals surface area contributed by atoms with Crippen LogP contribution >= 0.6 is 31.7 Å². The second-order valence-electron chi connectivity index (χ2n) is 5.28. The van der Waals surface area contributed by atoms with Gasteiger partial charge in [-0.1, -0.05) is 34.6 Å². The number of carbonyl (C=O) groups is 1. The highest BCUT2D eigenvalue weighted by atomic mass is 35.7. The second kappa shape index (κ2) is 5.59. The van der Waals surface area contributed by atoms with Gasteiger partial charge in [-0.25, -0.2) is 0 Å². The SMILES string of the molecule is CS(C)(Cl)CC(=O)c1ccc2c(c1)Sc1ccccc1O2. The maximum Gasteiger partial charge on any atom is 0.172 e. The quantitative estimate of drug-likeness (QED) is 0.602. The molecule has 0 saturated carbocycles. The Morgan fingerprint density at radius 3 is 2.62 bits per heavy atom. The Morgan fingerprint density at radius 1 is 1.14 bits per heavy atom. The van der Waals surface area contributed by atoms with E-state index in [1.54, 1.807) is 11.8 Å². The zero-order valence-electron chi connectivity index (χ0n) is 11.8. The summed E-state index contributed by atoms with van der Waals surface area (Å²) in [6.45, 7) is 0. The van der Waals surface area contributed by atoms with Crippen molar-refractivity contribution in [2.24, 2.45) is 0 Å². The summed E-state index contributed by atoms with van der Waals surface area (Å²) < 4.78 is 5.86. The molecule has 2 nitrogen and oxygen atoms in total. The van der Waals surface area contributed by atoms with Crippen molar-refractivity contribution in [2.45, 2.75) is 9.79 Å². The van der Waals surface area contributed by atoms with Crippen LogP contribution in [0.25, 0.3) is 0 Å². The average Bonchev–Trinajstić information content (AvgIpc) is 2.42. The van der Waals surface area contributed by atoms with Crippen molar-refractivity contribution in [1.29, 1.82) is 0 Å². The normalized spacial score (nSPS) is 13.9. The third-order valence-electron chi connectivity index (χ3n) is 3.03. The third kappa shape index (κ3) is 3.39. The number of hydrogen-bond donors (Lipinski definition) is 0. The predicted octanol–water partition coefficient (Wildman–Crippen LogP) is 5.34. The number of para-hydroxylation sites is 1. The van der Waals surface area contributed by atoms with Gasteiger partial charge >= 0.3 is 0 Å². The minimum Gasteiger partial charge on any atom is -0.455 e. The van der Waals surface area contributed by atoms with E-state index in [1.807, 2.05) is 55.0 Å². The van der Waals surface area contributed by atoms with Gasteiger partial charge in [0.1, 0.15) is 11.5 Å². The van der Waals surface area contributed by atoms with E-state index in [4.69, 9.17) is 15.4 Å². The van der Waals surface area contributed by atoms with Crippen LogP contribution in [0.4, 0.5) is 0 Å². The first-order valence-electron chi connectivity index (χ1n) is 6.45. The lowest BCUT2D eigenvalue weighted by molar-refractivity contribution is 0.102. The molecule has 21 heavy (non-hydrogen) atoms. The van der Waals surface area contributed by atoms with Crippen molar-refractivity contribution in [3.05, 3.63) is 48.0 Å². The Hall–Kier alpha value is -1.10. The van der Waals surface area contributed by atoms with Gasteiger partial charge in [-0.2, -0.15) is 9.24 Å². The standard InChI is InChI=1S/C16H15ClO2S2/c1-21(2,17)10-12(18)11-7-8-14-16(9-11)20-15-6-4-3-5-13(15)19-14/h3-9H,10H2,1-2H3. The van der Waals surface area contributed by atoms with Crippen LogP contribution in [0.5, 0.6) is 11.5 Å². The third-order valence-corrected chi connectivity index (χ3v) is 5.40. The van der Waals surface area contributed by atoms with Crippen LogP contribution in [0.3, 0.4) is 0 Å². The first-order chi connectivity index (χ1) is 9.92. The topological polar surface area (TPSA) is 26.3 Å². The van der Waals surface area contributed by atoms with Crippen molar-refractivity contribution >= 4 is 37.5 Å². The molecule has 0 N–H and O–H groups in total. The molecule has 0 bridgehead atoms. The summed E-state index contributed by atoms with van der Waals surface area (Å²) in [6, 6.07) is 13.5. The van der Waals surface area contributed by atoms with Gasteiger partial charge < -0.3 is 4.74 Å². The summed E-state index contributed by atoms with van der Waals surface area (Å²) in [5.74, 6) is 2.15. The van der Waals surface area contributed by atoms with Crippen molar-refractivity contribution in [2.75, 3.05) is 18.3 Å². The number of rotatable bonds is 3. The fraction of sp³-hybridized carbons (Fsp3) is 0.188. The van der Waals surface area contributed by atoms with Crippen LogP contribution in [0.2, 0.25) is 0 Å². The zero-order valence-corrected chi connectivity index (χ0v) is 14.1. The molecule has 1 aliphatic heterocycles. The number of hydrogen-bond acceptors (Lipinski definition) is 3. The van der Waals surface area contributed by atoms with Gasteiger partial charge in [0.05, 0.1) is 15.5 Å². The van der Waals surface area contributed by atoms with Crippen molar-refractivity contribution in [1.82, 2.24) is 0 Å². The smallest absolute Gasteiger partial charge is 0.172 e. The van der Waals surface area contributed by atoms with E-state index in [1.165, 1.54) is 0 Å². The Labute approximate surface area is 134 Å². The fourth-order valence-corrected chi connectivity index (χ4v) is 4.17. The van der Waals surface area contributed by atoms with Gasteiger partial charge in [0.25, 0.3) is 0 Å². The van der Waals surface area contributed by atoms with Crippen LogP contribution in [-0.2, 0) is 0 Å². The molecule has 0 amide bonds. The van der Waals surface area contributed by atoms with Crippen molar-refractivity contribution < 1.29 is 9.53 Å². The highest BCUT2D eigenvalue weighted by Gasteiger charge is 2.20. The van der Waals surface area contributed by atoms with E-state index in [-0.39, 0.29) is 5.78 Å². The maximum atomic E-state index is 12.3. The number of halogens is 1. The first kappa shape index (κ1) is 14.8. The van der Waals surface area contributed by atoms with Crippen LogP contribution in [0.1, 0.15) is 10.4 Å². The van der Waals surface area contributed by atoms with Gasteiger partial charge in [-0.05, 0) is 42.8 Å². The van der Waals surface area contributed by atoms with Crippen LogP contribution in [0.15, 0.2) is 52.3 Å². The fourth-order valence-electron chi connectivity index (χ4n) is 2.10. The molecule has 5 heteroatoms. The molecule has 0 atom stereocenters. The summed E-state index contributed by atoms with van der Waals surface area (Å²) in [5, 5.41) is 0. The van der Waals surface area contributed by atoms with Crippen LogP contribution in [0, 0.1) is 0 Å². The molecule has 0 saturated heterocycles. The van der Waals surface area contributed by atoms with E-state index >= 15 is 0 Å². The maximum absolute atomic E-state index is 12.3. The lowest BCUT2D eigenvalue weighted by Gasteiger charge is -2.22. The summed E-state index contributed by atoms with van der Waals surface area (Å²) in [7, 11) is 4.86. The average molecular weight is 339 g/mol. The van der Waals surface area contributed by atoms with E-state index in [0.29, 0.717) is 11.3 Å². The van der Waals surface area contributed by atoms with Crippen LogP contribution < -0.4 is 4.74 Å². The molecular formula is C16H15ClO2S2. The van der Waals surface area contributed by atoms with Gasteiger partial charge in [-0.15, -0.1) is 0 Å². The Bertz CT molecular complexity index is 708. The highest BCUT2D eigenvalue weighted by Crippen LogP contribution is 2.48. The van der Waals surface area contributed by atoms with E-state index < -0.39 is 9.24 Å². The Balaban J connectivity index is 1.88. The number of benzene rings is 2. The van der Waals surface area contributed by atoms with E-state index in [9.17, 15) is 4.79 Å². The van der Waals surface area contributed by atoms with Gasteiger partial charge in [0.2, 0.25) is 0 Å². The molecule has 0 fully saturated rings. The highest BCUT2D eigenvalue weighted by molar-refractivity contribution is 8.50. The molecule has 110 valence electrons. The molecule has 1 aliphatic rings. The molecule has 3 rings (SSSR count). The Morgan fingerprint density at radius 2 is 1.86 bits per heavy atom. The second-order valence-corrected chi connectivity index (χ2v) is 12.0. The number of ketones is 1. The monoisotopic (exact) mass is 338 g/mol. The predicted molar refractivity (Wildman–Crippen MR) is 91.6 cm³/mol. The molecule has 0 unspecified atom stereocenters. The minimum atomic E-state index is -1.36. The van der Waals surface area contributed by atoms with Crippen molar-refractivity contribution in [3.8, 4) is 11.5 Å². The zero-order chi connectivity index (χ0) is 15.0. The van der Waals surface area contributed by atoms with Gasteiger partial charge in [0.15, 0.2) is 5.78 Å². The Kier molecular flexibility index (Phi) is 3.95. The van der Waals surface area contributed by atoms with E-state index in [2.05, 4.69) is 0 Å². The number of carbonyl (C=O) groups excluding carboxylic acids is 1. The van der Waals surface area contributed by atoms with Gasteiger partial charge in [-0.3, -0.25) is 4.79 Å². The van der Waals surface area contributed by atoms with Gasteiger partial charge in [0, 0.05) is 5.56 Å².